The van der Waals surface area contributed by atoms with E-state index in [0.717, 1.165) is 13.1 Å². The van der Waals surface area contributed by atoms with E-state index < -0.39 is 0 Å². The third-order valence-corrected chi connectivity index (χ3v) is 5.86. The first-order valence-corrected chi connectivity index (χ1v) is 17.5. The molecule has 57 heavy (non-hydrogen) atoms. The fourth-order valence-corrected chi connectivity index (χ4v) is 2.78. The molecule has 0 saturated heterocycles. The fourth-order valence-electron chi connectivity index (χ4n) is 2.78. The summed E-state index contributed by atoms with van der Waals surface area (Å²) in [4.78, 5) is 51.8. The van der Waals surface area contributed by atoms with Gasteiger partial charge in [0.2, 0.25) is 29.5 Å². The van der Waals surface area contributed by atoms with Gasteiger partial charge in [0.15, 0.2) is 31.5 Å². The maximum Gasteiger partial charge on any atom is 0.217 e. The Morgan fingerprint density at radius 2 is 0.491 bits per heavy atom. The van der Waals surface area contributed by atoms with Crippen molar-refractivity contribution in [2.45, 2.75) is 66.1 Å². The maximum absolute atomic E-state index is 10.4. The topological polar surface area (TPSA) is 302 Å². The van der Waals surface area contributed by atoms with Crippen LogP contribution in [-0.4, -0.2) is 191 Å². The van der Waals surface area contributed by atoms with E-state index in [0.29, 0.717) is 45.8 Å². The van der Waals surface area contributed by atoms with Crippen LogP contribution in [0.4, 0.5) is 0 Å². The van der Waals surface area contributed by atoms with Crippen molar-refractivity contribution in [3.63, 3.8) is 0 Å². The van der Waals surface area contributed by atoms with Gasteiger partial charge in [-0.15, -0.1) is 0 Å². The molecule has 0 aromatic carbocycles. The highest BCUT2D eigenvalue weighted by Crippen LogP contribution is 1.89. The summed E-state index contributed by atoms with van der Waals surface area (Å²) in [5, 5.41) is 15.8. The van der Waals surface area contributed by atoms with Crippen molar-refractivity contribution in [3.05, 3.63) is 0 Å². The van der Waals surface area contributed by atoms with Gasteiger partial charge in [0.05, 0.1) is 32.7 Å². The molecule has 10 N–H and O–H groups in total. The molecule has 0 heterocycles. The summed E-state index contributed by atoms with van der Waals surface area (Å²) in [6.45, 7) is 12.3. The zero-order chi connectivity index (χ0) is 45.5. The predicted molar refractivity (Wildman–Crippen MR) is 213 cm³/mol. The van der Waals surface area contributed by atoms with Crippen LogP contribution in [-0.2, 0) is 71.3 Å². The summed E-state index contributed by atoms with van der Waals surface area (Å²) >= 11 is 0. The lowest BCUT2D eigenvalue weighted by atomic mass is 10.6. The van der Waals surface area contributed by atoms with Gasteiger partial charge in [0.1, 0.15) is 0 Å². The van der Waals surface area contributed by atoms with Crippen LogP contribution in [0.2, 0.25) is 0 Å². The number of methoxy groups -OCH3 is 10. The van der Waals surface area contributed by atoms with E-state index >= 15 is 0 Å². The van der Waals surface area contributed by atoms with E-state index in [1.165, 1.54) is 106 Å². The predicted octanol–water partition coefficient (Wildman–Crippen LogP) is -2.80. The first-order valence-electron chi connectivity index (χ1n) is 17.5. The van der Waals surface area contributed by atoms with E-state index in [1.807, 2.05) is 0 Å². The van der Waals surface area contributed by atoms with Crippen LogP contribution in [0.15, 0.2) is 0 Å². The third kappa shape index (κ3) is 65.0. The molecule has 0 aliphatic rings. The summed E-state index contributed by atoms with van der Waals surface area (Å²) in [7, 11) is 15.2. The quantitative estimate of drug-likeness (QED) is 0.0360. The van der Waals surface area contributed by atoms with Gasteiger partial charge in [-0.05, 0) is 0 Å². The smallest absolute Gasteiger partial charge is 0.217 e. The molecule has 0 saturated carbocycles. The Bertz CT molecular complexity index is 740. The Hall–Kier alpha value is -3.17. The Morgan fingerprint density at radius 3 is 0.579 bits per heavy atom. The minimum Gasteiger partial charge on any atom is -0.354 e. The minimum atomic E-state index is -0.344. The average molecular weight is 839 g/mol. The largest absolute Gasteiger partial charge is 0.354 e. The standard InChI is InChI=1S/5C6H13NO3.C4H13N3/c5*1-5(8)7-4-6(9-2)10-3;5-1-3-7-4-2-6/h5*6H,4H2,1-3H3,(H,7,8);7H,1-6H2. The van der Waals surface area contributed by atoms with E-state index in [9.17, 15) is 24.0 Å². The van der Waals surface area contributed by atoms with Gasteiger partial charge in [-0.2, -0.15) is 0 Å². The van der Waals surface area contributed by atoms with Crippen LogP contribution in [0.3, 0.4) is 0 Å². The van der Waals surface area contributed by atoms with Crippen molar-refractivity contribution < 1.29 is 71.3 Å². The second-order valence-corrected chi connectivity index (χ2v) is 10.5. The number of nitrogens with one attached hydrogen (secondary N) is 6. The van der Waals surface area contributed by atoms with Gasteiger partial charge in [-0.1, -0.05) is 0 Å². The summed E-state index contributed by atoms with van der Waals surface area (Å²) in [5.74, 6) is -0.421. The molecule has 344 valence electrons. The molecule has 0 rings (SSSR count). The minimum absolute atomic E-state index is 0.0842. The van der Waals surface area contributed by atoms with Crippen molar-refractivity contribution in [1.82, 2.24) is 31.9 Å². The van der Waals surface area contributed by atoms with Gasteiger partial charge in [-0.25, -0.2) is 0 Å². The summed E-state index contributed by atoms with van der Waals surface area (Å²) < 4.78 is 48.1. The highest BCUT2D eigenvalue weighted by Gasteiger charge is 2.06. The lowest BCUT2D eigenvalue weighted by Gasteiger charge is -2.12. The Morgan fingerprint density at radius 1 is 0.351 bits per heavy atom. The molecule has 0 aromatic heterocycles. The van der Waals surface area contributed by atoms with Crippen molar-refractivity contribution in [1.29, 1.82) is 0 Å². The molecule has 23 nitrogen and oxygen atoms in total. The molecule has 5 amide bonds. The van der Waals surface area contributed by atoms with Gasteiger partial charge in [-0.3, -0.25) is 24.0 Å². The summed E-state index contributed by atoms with van der Waals surface area (Å²) in [6.07, 6.45) is -1.72. The van der Waals surface area contributed by atoms with Crippen LogP contribution in [0.25, 0.3) is 0 Å². The number of carbonyl (C=O) groups excluding carboxylic acids is 5. The lowest BCUT2D eigenvalue weighted by molar-refractivity contribution is -0.126. The molecule has 0 aromatic rings. The fraction of sp³-hybridized carbons (Fsp3) is 0.853. The molecule has 0 radical (unpaired) electrons. The molecular formula is C34H78N8O15. The van der Waals surface area contributed by atoms with Crippen LogP contribution < -0.4 is 43.4 Å². The number of ether oxygens (including phenoxy) is 10. The van der Waals surface area contributed by atoms with Gasteiger partial charge >= 0.3 is 0 Å². The third-order valence-electron chi connectivity index (χ3n) is 5.86. The molecule has 0 atom stereocenters. The van der Waals surface area contributed by atoms with Gasteiger partial charge in [0, 0.05) is 132 Å². The number of hydrogen-bond acceptors (Lipinski definition) is 18. The molecular weight excluding hydrogens is 760 g/mol. The van der Waals surface area contributed by atoms with E-state index in [4.69, 9.17) is 58.8 Å². The molecule has 0 fully saturated rings. The van der Waals surface area contributed by atoms with Crippen molar-refractivity contribution in [3.8, 4) is 0 Å². The van der Waals surface area contributed by atoms with Crippen LogP contribution in [0.5, 0.6) is 0 Å². The maximum atomic E-state index is 10.4. The molecule has 0 bridgehead atoms. The van der Waals surface area contributed by atoms with Crippen LogP contribution in [0, 0.1) is 0 Å². The number of hydrogen-bond donors (Lipinski definition) is 8. The van der Waals surface area contributed by atoms with E-state index in [-0.39, 0.29) is 61.0 Å². The van der Waals surface area contributed by atoms with E-state index in [1.54, 1.807) is 0 Å². The van der Waals surface area contributed by atoms with Gasteiger partial charge in [0.25, 0.3) is 0 Å². The molecule has 0 unspecified atom stereocenters. The zero-order valence-corrected chi connectivity index (χ0v) is 37.0. The second kappa shape index (κ2) is 52.8. The number of rotatable bonds is 24. The second-order valence-electron chi connectivity index (χ2n) is 10.5. The first kappa shape index (κ1) is 65.7. The zero-order valence-electron chi connectivity index (χ0n) is 37.0. The highest BCUT2D eigenvalue weighted by atomic mass is 16.7. The normalized spacial score (nSPS) is 9.93. The monoisotopic (exact) mass is 839 g/mol. The van der Waals surface area contributed by atoms with Crippen LogP contribution >= 0.6 is 0 Å². The number of carbonyl (C=O) groups is 5. The van der Waals surface area contributed by atoms with Crippen LogP contribution in [0.1, 0.15) is 34.6 Å². The Labute approximate surface area is 340 Å². The number of nitrogens with two attached hydrogens (primary N) is 2. The van der Waals surface area contributed by atoms with Gasteiger partial charge < -0.3 is 90.7 Å². The first-order chi connectivity index (χ1) is 26.9. The SMILES string of the molecule is COC(CNC(C)=O)OC.COC(CNC(C)=O)OC.COC(CNC(C)=O)OC.COC(CNC(C)=O)OC.COC(CNC(C)=O)OC.NCCNCCN. The molecule has 23 heteroatoms. The Kier molecular flexibility index (Phi) is 60.9. The van der Waals surface area contributed by atoms with Crippen molar-refractivity contribution in [2.75, 3.05) is 130 Å². The summed E-state index contributed by atoms with van der Waals surface area (Å²) in [5.41, 5.74) is 10.3. The lowest BCUT2D eigenvalue weighted by Crippen LogP contribution is -2.32. The van der Waals surface area contributed by atoms with Crippen molar-refractivity contribution in [2.24, 2.45) is 11.5 Å². The molecule has 0 spiro atoms. The Balaban J connectivity index is -0.000000137. The molecule has 0 aliphatic carbocycles. The highest BCUT2D eigenvalue weighted by molar-refractivity contribution is 5.74. The summed E-state index contributed by atoms with van der Waals surface area (Å²) in [6, 6.07) is 0. The average Bonchev–Trinajstić information content (AvgIpc) is 3.18. The number of amides is 5. The van der Waals surface area contributed by atoms with Crippen molar-refractivity contribution >= 4 is 29.5 Å². The molecule has 0 aliphatic heterocycles. The van der Waals surface area contributed by atoms with E-state index in [2.05, 4.69) is 31.9 Å².